The second-order valence-corrected chi connectivity index (χ2v) is 4.68. The van der Waals surface area contributed by atoms with E-state index in [9.17, 15) is 10.3 Å². The van der Waals surface area contributed by atoms with Crippen molar-refractivity contribution in [2.24, 2.45) is 5.16 Å². The summed E-state index contributed by atoms with van der Waals surface area (Å²) in [6.07, 6.45) is 0. The lowest BCUT2D eigenvalue weighted by Gasteiger charge is -2.01. The first-order valence-corrected chi connectivity index (χ1v) is 7.36. The van der Waals surface area contributed by atoms with Crippen LogP contribution in [0.1, 0.15) is 11.1 Å². The Morgan fingerprint density at radius 1 is 1.12 bits per heavy atom. The standard InChI is InChI=1S/C19H15N3O3/c1-24-22-17(16-12-6-3-7-13-16)18(21-20)19(23)25-14-8-11-15-9-4-2-5-10-15/h2-7,9-10,12-13H,14H2,1H3/b22-17+. The number of ether oxygens (including phenoxy) is 1. The van der Waals surface area contributed by atoms with Gasteiger partial charge in [0.15, 0.2) is 6.61 Å². The van der Waals surface area contributed by atoms with Gasteiger partial charge in [-0.05, 0) is 12.1 Å². The summed E-state index contributed by atoms with van der Waals surface area (Å²) in [6.45, 7) is -0.151. The van der Waals surface area contributed by atoms with E-state index in [4.69, 9.17) is 9.57 Å². The van der Waals surface area contributed by atoms with Crippen molar-refractivity contribution in [3.8, 4) is 11.8 Å². The van der Waals surface area contributed by atoms with Gasteiger partial charge in [-0.15, -0.1) is 0 Å². The van der Waals surface area contributed by atoms with Crippen LogP contribution in [-0.2, 0) is 14.4 Å². The highest BCUT2D eigenvalue weighted by Crippen LogP contribution is 2.04. The number of hydrogen-bond acceptors (Lipinski definition) is 4. The van der Waals surface area contributed by atoms with E-state index in [0.717, 1.165) is 5.56 Å². The molecule has 0 fully saturated rings. The number of benzene rings is 2. The van der Waals surface area contributed by atoms with E-state index in [2.05, 4.69) is 21.8 Å². The Labute approximate surface area is 145 Å². The van der Waals surface area contributed by atoms with Crippen LogP contribution in [0.5, 0.6) is 0 Å². The number of oxime groups is 1. The predicted molar refractivity (Wildman–Crippen MR) is 92.9 cm³/mol. The van der Waals surface area contributed by atoms with Crippen molar-refractivity contribution in [2.75, 3.05) is 13.7 Å². The third kappa shape index (κ3) is 5.17. The molecule has 0 saturated heterocycles. The minimum absolute atomic E-state index is 0.0617. The molecule has 0 bridgehead atoms. The summed E-state index contributed by atoms with van der Waals surface area (Å²) in [6, 6.07) is 18.0. The Kier molecular flexibility index (Phi) is 6.68. The number of nitrogens with zero attached hydrogens (tertiary/aromatic N) is 3. The van der Waals surface area contributed by atoms with Gasteiger partial charge in [0.25, 0.3) is 0 Å². The summed E-state index contributed by atoms with van der Waals surface area (Å²) in [7, 11) is 1.33. The van der Waals surface area contributed by atoms with Gasteiger partial charge in [-0.1, -0.05) is 65.5 Å². The first kappa shape index (κ1) is 17.7. The first-order valence-electron chi connectivity index (χ1n) is 7.36. The van der Waals surface area contributed by atoms with Gasteiger partial charge >= 0.3 is 11.7 Å². The fourth-order valence-electron chi connectivity index (χ4n) is 1.93. The van der Waals surface area contributed by atoms with Gasteiger partial charge in [0, 0.05) is 11.1 Å². The molecule has 0 atom stereocenters. The van der Waals surface area contributed by atoms with E-state index < -0.39 is 5.97 Å². The normalized spacial score (nSPS) is 10.0. The molecule has 0 heterocycles. The molecule has 0 unspecified atom stereocenters. The van der Waals surface area contributed by atoms with Crippen LogP contribution in [0.25, 0.3) is 5.53 Å². The number of hydrogen-bond donors (Lipinski definition) is 0. The smallest absolute Gasteiger partial charge is 0.428 e. The van der Waals surface area contributed by atoms with Crippen LogP contribution in [0.2, 0.25) is 0 Å². The van der Waals surface area contributed by atoms with Crippen LogP contribution < -0.4 is 0 Å². The molecule has 0 amide bonds. The van der Waals surface area contributed by atoms with E-state index in [0.29, 0.717) is 5.56 Å². The van der Waals surface area contributed by atoms with Crippen LogP contribution in [0.15, 0.2) is 65.8 Å². The van der Waals surface area contributed by atoms with Crippen molar-refractivity contribution < 1.29 is 19.2 Å². The minimum atomic E-state index is -0.857. The maximum absolute atomic E-state index is 12.2. The van der Waals surface area contributed by atoms with Crippen molar-refractivity contribution in [1.29, 1.82) is 0 Å². The van der Waals surface area contributed by atoms with E-state index in [1.165, 1.54) is 7.11 Å². The highest BCUT2D eigenvalue weighted by molar-refractivity contribution is 6.67. The minimum Gasteiger partial charge on any atom is -0.444 e. The van der Waals surface area contributed by atoms with E-state index in [1.54, 1.807) is 30.3 Å². The van der Waals surface area contributed by atoms with E-state index >= 15 is 0 Å². The lowest BCUT2D eigenvalue weighted by molar-refractivity contribution is -0.138. The number of carbonyl (C=O) groups is 1. The maximum atomic E-state index is 12.2. The average molecular weight is 333 g/mol. The van der Waals surface area contributed by atoms with Crippen LogP contribution in [0.3, 0.4) is 0 Å². The second kappa shape index (κ2) is 9.46. The Morgan fingerprint density at radius 2 is 1.76 bits per heavy atom. The zero-order valence-corrected chi connectivity index (χ0v) is 13.5. The summed E-state index contributed by atoms with van der Waals surface area (Å²) < 4.78 is 5.03. The molecule has 0 aromatic heterocycles. The van der Waals surface area contributed by atoms with Gasteiger partial charge in [-0.25, -0.2) is 4.79 Å². The molecule has 2 aromatic carbocycles. The molecule has 0 spiro atoms. The van der Waals surface area contributed by atoms with Crippen LogP contribution >= 0.6 is 0 Å². The second-order valence-electron chi connectivity index (χ2n) is 4.68. The number of esters is 1. The van der Waals surface area contributed by atoms with Crippen LogP contribution in [0.4, 0.5) is 0 Å². The summed E-state index contributed by atoms with van der Waals surface area (Å²) in [5.41, 5.74) is 10.3. The molecule has 6 nitrogen and oxygen atoms in total. The summed E-state index contributed by atoms with van der Waals surface area (Å²) in [4.78, 5) is 19.9. The van der Waals surface area contributed by atoms with Crippen molar-refractivity contribution in [3.05, 3.63) is 77.3 Å². The molecule has 0 aliphatic carbocycles. The maximum Gasteiger partial charge on any atom is 0.428 e. The molecule has 6 heteroatoms. The van der Waals surface area contributed by atoms with Gasteiger partial charge in [-0.2, -0.15) is 4.79 Å². The van der Waals surface area contributed by atoms with Crippen LogP contribution in [-0.4, -0.2) is 35.9 Å². The Bertz CT molecular complexity index is 859. The fourth-order valence-corrected chi connectivity index (χ4v) is 1.93. The lowest BCUT2D eigenvalue weighted by atomic mass is 10.1. The van der Waals surface area contributed by atoms with Crippen molar-refractivity contribution in [2.45, 2.75) is 0 Å². The summed E-state index contributed by atoms with van der Waals surface area (Å²) >= 11 is 0. The molecular weight excluding hydrogens is 318 g/mol. The summed E-state index contributed by atoms with van der Waals surface area (Å²) in [5.74, 6) is 4.72. The highest BCUT2D eigenvalue weighted by Gasteiger charge is 2.31. The van der Waals surface area contributed by atoms with Crippen molar-refractivity contribution in [1.82, 2.24) is 0 Å². The fraction of sp³-hybridized carbons (Fsp3) is 0.105. The average Bonchev–Trinajstić information content (AvgIpc) is 2.66. The van der Waals surface area contributed by atoms with Crippen molar-refractivity contribution in [3.63, 3.8) is 0 Å². The molecule has 25 heavy (non-hydrogen) atoms. The Morgan fingerprint density at radius 3 is 2.36 bits per heavy atom. The number of carbonyl (C=O) groups excluding carboxylic acids is 1. The quantitative estimate of drug-likeness (QED) is 0.210. The van der Waals surface area contributed by atoms with Gasteiger partial charge in [0.1, 0.15) is 7.11 Å². The third-order valence-corrected chi connectivity index (χ3v) is 3.03. The van der Waals surface area contributed by atoms with Gasteiger partial charge in [-0.3, -0.25) is 0 Å². The van der Waals surface area contributed by atoms with Gasteiger partial charge in [0.05, 0.1) is 0 Å². The Balaban J connectivity index is 2.09. The molecular formula is C19H15N3O3. The van der Waals surface area contributed by atoms with E-state index in [-0.39, 0.29) is 18.0 Å². The molecule has 0 aliphatic rings. The molecule has 0 N–H and O–H groups in total. The molecule has 0 aliphatic heterocycles. The molecule has 0 saturated carbocycles. The predicted octanol–water partition coefficient (Wildman–Crippen LogP) is 2.30. The topological polar surface area (TPSA) is 84.3 Å². The third-order valence-electron chi connectivity index (χ3n) is 3.03. The zero-order chi connectivity index (χ0) is 17.9. The Hall–Kier alpha value is -3.68. The molecule has 2 rings (SSSR count). The highest BCUT2D eigenvalue weighted by atomic mass is 16.6. The van der Waals surface area contributed by atoms with Crippen molar-refractivity contribution >= 4 is 17.4 Å². The summed E-state index contributed by atoms with van der Waals surface area (Å²) in [5, 5.41) is 3.75. The van der Waals surface area contributed by atoms with Crippen LogP contribution in [0, 0.1) is 11.8 Å². The SMILES string of the molecule is CO/N=C(/C(=[N+]=[N-])C(=O)OCC#Cc1ccccc1)c1ccccc1. The lowest BCUT2D eigenvalue weighted by Crippen LogP contribution is -2.28. The monoisotopic (exact) mass is 333 g/mol. The molecule has 2 aromatic rings. The number of rotatable bonds is 5. The van der Waals surface area contributed by atoms with E-state index in [1.807, 2.05) is 30.3 Å². The first-order chi connectivity index (χ1) is 12.3. The molecule has 124 valence electrons. The zero-order valence-electron chi connectivity index (χ0n) is 13.5. The molecule has 0 radical (unpaired) electrons. The van der Waals surface area contributed by atoms with Gasteiger partial charge < -0.3 is 15.1 Å². The largest absolute Gasteiger partial charge is 0.444 e. The van der Waals surface area contributed by atoms with Gasteiger partial charge in [0.2, 0.25) is 5.71 Å².